The number of aromatic carboxylic acids is 1. The molecule has 0 aromatic heterocycles. The van der Waals surface area contributed by atoms with E-state index in [4.69, 9.17) is 39.9 Å². The van der Waals surface area contributed by atoms with Crippen LogP contribution in [0.15, 0.2) is 24.3 Å². The van der Waals surface area contributed by atoms with Gasteiger partial charge in [-0.05, 0) is 12.1 Å². The number of halogens is 7. The summed E-state index contributed by atoms with van der Waals surface area (Å²) in [6.07, 6.45) is -4.92. The van der Waals surface area contributed by atoms with E-state index >= 15 is 0 Å². The van der Waals surface area contributed by atoms with E-state index in [2.05, 4.69) is 0 Å². The summed E-state index contributed by atoms with van der Waals surface area (Å²) in [6, 6.07) is 4.54. The predicted molar refractivity (Wildman–Crippen MR) is 72.3 cm³/mol. The molecule has 0 aliphatic rings. The van der Waals surface area contributed by atoms with Gasteiger partial charge in [-0.3, -0.25) is 4.70 Å². The highest BCUT2D eigenvalue weighted by atomic mass is 35.6. The van der Waals surface area contributed by atoms with Crippen molar-refractivity contribution in [1.82, 2.24) is 0 Å². The van der Waals surface area contributed by atoms with Gasteiger partial charge in [0.05, 0.1) is 11.3 Å². The summed E-state index contributed by atoms with van der Waals surface area (Å²) in [7, 11) is 0. The van der Waals surface area contributed by atoms with Gasteiger partial charge in [0.15, 0.2) is 0 Å². The molecule has 0 fully saturated rings. The number of alkyl halides is 6. The fourth-order valence-corrected chi connectivity index (χ4v) is 2.36. The lowest BCUT2D eigenvalue weighted by molar-refractivity contribution is -0.114. The second kappa shape index (κ2) is 6.93. The summed E-state index contributed by atoms with van der Waals surface area (Å²) in [6.45, 7) is 0. The van der Waals surface area contributed by atoms with Crippen LogP contribution < -0.4 is 4.31 Å². The van der Waals surface area contributed by atoms with Crippen LogP contribution in [0.3, 0.4) is 0 Å². The topological polar surface area (TPSA) is 40.5 Å². The smallest absolute Gasteiger partial charge is 0.478 e. The molecule has 0 unspecified atom stereocenters. The summed E-state index contributed by atoms with van der Waals surface area (Å²) in [5.74, 6) is -1.52. The molecule has 11 heteroatoms. The first kappa shape index (κ1) is 19.4. The SMILES string of the molecule is F.O=C(O)c1ccccc1N(SC(Cl)(Cl)Cl)C(F)(F)F. The Morgan fingerprint density at radius 3 is 2.10 bits per heavy atom. The number of para-hydroxylation sites is 1. The number of hydrogen-bond acceptors (Lipinski definition) is 3. The number of hydrogen-bond donors (Lipinski definition) is 1. The molecule has 3 nitrogen and oxygen atoms in total. The summed E-state index contributed by atoms with van der Waals surface area (Å²) in [5, 5.41) is 8.88. The summed E-state index contributed by atoms with van der Waals surface area (Å²) in [4.78, 5) is 10.9. The van der Waals surface area contributed by atoms with Crippen LogP contribution >= 0.6 is 46.8 Å². The van der Waals surface area contributed by atoms with E-state index in [-0.39, 0.29) is 21.0 Å². The Hall–Kier alpha value is -0.570. The molecule has 0 amide bonds. The first-order valence-electron chi connectivity index (χ1n) is 4.47. The highest BCUT2D eigenvalue weighted by Gasteiger charge is 2.44. The second-order valence-electron chi connectivity index (χ2n) is 3.12. The van der Waals surface area contributed by atoms with Crippen LogP contribution in [0, 0.1) is 0 Å². The number of carboxylic acid groups (broad SMARTS) is 1. The average Bonchev–Trinajstić information content (AvgIpc) is 2.23. The van der Waals surface area contributed by atoms with Gasteiger partial charge in [0.2, 0.25) is 0 Å². The van der Waals surface area contributed by atoms with Gasteiger partial charge in [-0.15, -0.1) is 13.2 Å². The summed E-state index contributed by atoms with van der Waals surface area (Å²) in [5.41, 5.74) is -1.18. The van der Waals surface area contributed by atoms with Crippen molar-refractivity contribution >= 4 is 58.4 Å². The molecular formula is C9H6Cl3F4NO2S. The van der Waals surface area contributed by atoms with E-state index in [1.54, 1.807) is 0 Å². The molecule has 0 saturated heterocycles. The zero-order valence-corrected chi connectivity index (χ0v) is 12.3. The molecular weight excluding hydrogens is 369 g/mol. The fraction of sp³-hybridized carbons (Fsp3) is 0.222. The number of anilines is 1. The Morgan fingerprint density at radius 2 is 1.70 bits per heavy atom. The maximum atomic E-state index is 12.9. The van der Waals surface area contributed by atoms with Gasteiger partial charge in [-0.25, -0.2) is 9.10 Å². The van der Waals surface area contributed by atoms with Crippen LogP contribution in [-0.2, 0) is 0 Å². The zero-order valence-electron chi connectivity index (χ0n) is 9.20. The number of rotatable bonds is 3. The van der Waals surface area contributed by atoms with Crippen LogP contribution in [0.2, 0.25) is 0 Å². The minimum Gasteiger partial charge on any atom is -0.478 e. The van der Waals surface area contributed by atoms with Crippen LogP contribution in [0.5, 0.6) is 0 Å². The van der Waals surface area contributed by atoms with Crippen molar-refractivity contribution in [2.45, 2.75) is 9.42 Å². The Labute approximate surface area is 130 Å². The molecule has 0 bridgehead atoms. The van der Waals surface area contributed by atoms with Gasteiger partial charge in [-0.1, -0.05) is 46.9 Å². The molecule has 20 heavy (non-hydrogen) atoms. The average molecular weight is 375 g/mol. The van der Waals surface area contributed by atoms with E-state index in [1.807, 2.05) is 0 Å². The van der Waals surface area contributed by atoms with Crippen molar-refractivity contribution in [3.05, 3.63) is 29.8 Å². The fourth-order valence-electron chi connectivity index (χ4n) is 1.17. The summed E-state index contributed by atoms with van der Waals surface area (Å²) >= 11 is 15.8. The first-order chi connectivity index (χ1) is 8.52. The quantitative estimate of drug-likeness (QED) is 0.356. The molecule has 1 N–H and O–H groups in total. The van der Waals surface area contributed by atoms with Crippen LogP contribution in [0.4, 0.5) is 23.6 Å². The molecule has 1 aromatic rings. The second-order valence-corrected chi connectivity index (χ2v) is 7.24. The van der Waals surface area contributed by atoms with E-state index in [0.717, 1.165) is 12.1 Å². The van der Waals surface area contributed by atoms with Crippen LogP contribution in [0.25, 0.3) is 0 Å². The highest BCUT2D eigenvalue weighted by molar-refractivity contribution is 8.06. The van der Waals surface area contributed by atoms with Gasteiger partial charge >= 0.3 is 12.3 Å². The molecule has 0 radical (unpaired) electrons. The normalized spacial score (nSPS) is 11.7. The molecule has 1 rings (SSSR count). The number of benzene rings is 1. The van der Waals surface area contributed by atoms with Gasteiger partial charge < -0.3 is 5.11 Å². The van der Waals surface area contributed by atoms with Crippen molar-refractivity contribution in [3.63, 3.8) is 0 Å². The number of carboxylic acids is 1. The molecule has 0 heterocycles. The third kappa shape index (κ3) is 5.43. The van der Waals surface area contributed by atoms with Gasteiger partial charge in [0.25, 0.3) is 3.12 Å². The lowest BCUT2D eigenvalue weighted by atomic mass is 10.2. The van der Waals surface area contributed by atoms with Gasteiger partial charge in [0, 0.05) is 11.9 Å². The Morgan fingerprint density at radius 1 is 1.20 bits per heavy atom. The maximum Gasteiger partial charge on any atom is 0.494 e. The molecule has 0 atom stereocenters. The third-order valence-corrected chi connectivity index (χ3v) is 3.19. The lowest BCUT2D eigenvalue weighted by Crippen LogP contribution is -2.35. The van der Waals surface area contributed by atoms with E-state index in [0.29, 0.717) is 0 Å². The van der Waals surface area contributed by atoms with Gasteiger partial charge in [0.1, 0.15) is 0 Å². The monoisotopic (exact) mass is 373 g/mol. The predicted octanol–water partition coefficient (Wildman–Crippen LogP) is 4.84. The number of nitrogens with zero attached hydrogens (tertiary/aromatic N) is 1. The van der Waals surface area contributed by atoms with E-state index < -0.39 is 26.6 Å². The first-order valence-corrected chi connectivity index (χ1v) is 6.38. The Balaban J connectivity index is 0.00000361. The van der Waals surface area contributed by atoms with Crippen molar-refractivity contribution in [2.75, 3.05) is 4.31 Å². The highest BCUT2D eigenvalue weighted by Crippen LogP contribution is 2.48. The van der Waals surface area contributed by atoms with Crippen molar-refractivity contribution in [2.24, 2.45) is 0 Å². The maximum absolute atomic E-state index is 12.9. The van der Waals surface area contributed by atoms with Crippen LogP contribution in [0.1, 0.15) is 10.4 Å². The minimum absolute atomic E-state index is 0. The number of carbonyl (C=O) groups is 1. The van der Waals surface area contributed by atoms with Crippen molar-refractivity contribution in [3.8, 4) is 0 Å². The Bertz CT molecular complexity index is 481. The Kier molecular flexibility index (Phi) is 6.73. The molecule has 0 aliphatic heterocycles. The van der Waals surface area contributed by atoms with Gasteiger partial charge in [-0.2, -0.15) is 0 Å². The van der Waals surface area contributed by atoms with Crippen molar-refractivity contribution < 1.29 is 27.8 Å². The standard InChI is InChI=1S/C9H5Cl3F3NO2S.FH/c10-8(11,12)19-16(9(13,14)15)6-4-2-1-3-5(6)7(17)18;/h1-4H,(H,17,18);1H. The molecule has 0 aliphatic carbocycles. The van der Waals surface area contributed by atoms with E-state index in [9.17, 15) is 18.0 Å². The molecule has 114 valence electrons. The van der Waals surface area contributed by atoms with Crippen LogP contribution in [-0.4, -0.2) is 20.5 Å². The summed E-state index contributed by atoms with van der Waals surface area (Å²) < 4.78 is 36.2. The molecule has 0 saturated carbocycles. The minimum atomic E-state index is -4.92. The zero-order chi connectivity index (χ0) is 14.8. The lowest BCUT2D eigenvalue weighted by Gasteiger charge is -2.29. The van der Waals surface area contributed by atoms with E-state index in [1.165, 1.54) is 12.1 Å². The largest absolute Gasteiger partial charge is 0.494 e. The third-order valence-electron chi connectivity index (χ3n) is 1.78. The van der Waals surface area contributed by atoms with Crippen molar-refractivity contribution in [1.29, 1.82) is 0 Å². The molecule has 1 aromatic carbocycles. The molecule has 0 spiro atoms.